The van der Waals surface area contributed by atoms with Crippen LogP contribution in [0.5, 0.6) is 0 Å². The first-order chi connectivity index (χ1) is 12.6. The van der Waals surface area contributed by atoms with Crippen molar-refractivity contribution in [2.75, 3.05) is 32.7 Å². The largest absolute Gasteiger partial charge is 0.297 e. The number of sulfonamides is 1. The number of rotatable bonds is 6. The minimum atomic E-state index is -3.36. The van der Waals surface area contributed by atoms with E-state index in [-0.39, 0.29) is 0 Å². The van der Waals surface area contributed by atoms with Gasteiger partial charge in [-0.15, -0.1) is 0 Å². The zero-order chi connectivity index (χ0) is 18.2. The number of hydrogen-bond donors (Lipinski definition) is 0. The second-order valence-corrected chi connectivity index (χ2v) is 8.09. The number of hydrogen-bond acceptors (Lipinski definition) is 3. The molecule has 0 atom stereocenters. The van der Waals surface area contributed by atoms with Crippen molar-refractivity contribution in [3.8, 4) is 0 Å². The van der Waals surface area contributed by atoms with Gasteiger partial charge in [0.05, 0.1) is 0 Å². The van der Waals surface area contributed by atoms with Gasteiger partial charge in [-0.05, 0) is 17.2 Å². The first kappa shape index (κ1) is 18.6. The Bertz CT molecular complexity index is 838. The number of piperazine rings is 1. The number of nitrogens with zero attached hydrogens (tertiary/aromatic N) is 2. The highest BCUT2D eigenvalue weighted by molar-refractivity contribution is 7.92. The van der Waals surface area contributed by atoms with Crippen LogP contribution >= 0.6 is 0 Å². The van der Waals surface area contributed by atoms with Gasteiger partial charge in [0.2, 0.25) is 10.0 Å². The van der Waals surface area contributed by atoms with Crippen LogP contribution in [0.2, 0.25) is 0 Å². The molecule has 0 unspecified atom stereocenters. The Hall–Kier alpha value is -2.21. The Labute approximate surface area is 156 Å². The molecule has 136 valence electrons. The molecule has 0 spiro atoms. The molecule has 26 heavy (non-hydrogen) atoms. The standard InChI is InChI=1S/C21H24N2O2S/c24-26(25,19-13-21-10-5-2-6-11-21)23-17-15-22(16-18-23)14-7-12-20-8-3-1-4-9-20/h1-13,19H,14-18H2. The molecule has 0 aromatic heterocycles. The Morgan fingerprint density at radius 1 is 0.769 bits per heavy atom. The van der Waals surface area contributed by atoms with Crippen molar-refractivity contribution in [2.45, 2.75) is 0 Å². The molecule has 0 saturated carbocycles. The smallest absolute Gasteiger partial charge is 0.236 e. The predicted molar refractivity (Wildman–Crippen MR) is 108 cm³/mol. The molecule has 0 bridgehead atoms. The van der Waals surface area contributed by atoms with E-state index in [4.69, 9.17) is 0 Å². The van der Waals surface area contributed by atoms with Gasteiger partial charge in [0, 0.05) is 38.1 Å². The molecule has 0 N–H and O–H groups in total. The molecule has 2 aromatic rings. The van der Waals surface area contributed by atoms with Gasteiger partial charge in [-0.25, -0.2) is 8.42 Å². The van der Waals surface area contributed by atoms with Crippen LogP contribution in [0.4, 0.5) is 0 Å². The van der Waals surface area contributed by atoms with Crippen LogP contribution in [-0.2, 0) is 10.0 Å². The van der Waals surface area contributed by atoms with Crippen molar-refractivity contribution in [3.05, 3.63) is 83.3 Å². The van der Waals surface area contributed by atoms with Gasteiger partial charge in [0.25, 0.3) is 0 Å². The number of benzene rings is 2. The van der Waals surface area contributed by atoms with Gasteiger partial charge in [-0.3, -0.25) is 4.90 Å². The normalized spacial score (nSPS) is 17.2. The molecular formula is C21H24N2O2S. The molecule has 0 amide bonds. The summed E-state index contributed by atoms with van der Waals surface area (Å²) in [6.07, 6.45) is 5.89. The van der Waals surface area contributed by atoms with E-state index in [1.54, 1.807) is 10.4 Å². The third-order valence-electron chi connectivity index (χ3n) is 4.40. The summed E-state index contributed by atoms with van der Waals surface area (Å²) in [6.45, 7) is 3.39. The van der Waals surface area contributed by atoms with Gasteiger partial charge in [-0.2, -0.15) is 4.31 Å². The summed E-state index contributed by atoms with van der Waals surface area (Å²) >= 11 is 0. The molecular weight excluding hydrogens is 344 g/mol. The van der Waals surface area contributed by atoms with Crippen molar-refractivity contribution in [3.63, 3.8) is 0 Å². The van der Waals surface area contributed by atoms with Gasteiger partial charge in [-0.1, -0.05) is 72.8 Å². The highest BCUT2D eigenvalue weighted by Crippen LogP contribution is 2.12. The predicted octanol–water partition coefficient (Wildman–Crippen LogP) is 3.32. The lowest BCUT2D eigenvalue weighted by Gasteiger charge is -2.32. The van der Waals surface area contributed by atoms with Crippen LogP contribution in [0.3, 0.4) is 0 Å². The zero-order valence-electron chi connectivity index (χ0n) is 14.7. The summed E-state index contributed by atoms with van der Waals surface area (Å²) in [7, 11) is -3.36. The SMILES string of the molecule is O=S(=O)(C=Cc1ccccc1)N1CCN(CC=Cc2ccccc2)CC1. The maximum Gasteiger partial charge on any atom is 0.236 e. The summed E-state index contributed by atoms with van der Waals surface area (Å²) < 4.78 is 26.5. The van der Waals surface area contributed by atoms with E-state index in [0.717, 1.165) is 25.2 Å². The third-order valence-corrected chi connectivity index (χ3v) is 5.96. The van der Waals surface area contributed by atoms with E-state index < -0.39 is 10.0 Å². The molecule has 1 aliphatic rings. The van der Waals surface area contributed by atoms with E-state index >= 15 is 0 Å². The first-order valence-electron chi connectivity index (χ1n) is 8.81. The highest BCUT2D eigenvalue weighted by atomic mass is 32.2. The van der Waals surface area contributed by atoms with E-state index in [2.05, 4.69) is 29.2 Å². The molecule has 1 aliphatic heterocycles. The summed E-state index contributed by atoms with van der Waals surface area (Å²) in [5.74, 6) is 0. The zero-order valence-corrected chi connectivity index (χ0v) is 15.6. The summed E-state index contributed by atoms with van der Waals surface area (Å²) in [6, 6.07) is 19.7. The Morgan fingerprint density at radius 3 is 1.88 bits per heavy atom. The second kappa shape index (κ2) is 8.94. The lowest BCUT2D eigenvalue weighted by atomic mass is 10.2. The Kier molecular flexibility index (Phi) is 6.39. The van der Waals surface area contributed by atoms with E-state index in [0.29, 0.717) is 13.1 Å². The van der Waals surface area contributed by atoms with Crippen molar-refractivity contribution in [2.24, 2.45) is 0 Å². The molecule has 5 heteroatoms. The summed E-state index contributed by atoms with van der Waals surface area (Å²) in [5, 5.41) is 1.31. The average molecular weight is 369 g/mol. The summed E-state index contributed by atoms with van der Waals surface area (Å²) in [5.41, 5.74) is 2.07. The van der Waals surface area contributed by atoms with Crippen LogP contribution in [0.15, 0.2) is 72.1 Å². The van der Waals surface area contributed by atoms with Crippen LogP contribution < -0.4 is 0 Å². The van der Waals surface area contributed by atoms with Crippen molar-refractivity contribution < 1.29 is 8.42 Å². The van der Waals surface area contributed by atoms with Crippen LogP contribution in [-0.4, -0.2) is 50.3 Å². The fourth-order valence-electron chi connectivity index (χ4n) is 2.88. The molecule has 3 rings (SSSR count). The maximum atomic E-state index is 12.5. The fraction of sp³-hybridized carbons (Fsp3) is 0.238. The lowest BCUT2D eigenvalue weighted by Crippen LogP contribution is -2.47. The molecule has 1 fully saturated rings. The van der Waals surface area contributed by atoms with Gasteiger partial charge in [0.15, 0.2) is 0 Å². The summed E-state index contributed by atoms with van der Waals surface area (Å²) in [4.78, 5) is 2.27. The molecule has 1 saturated heterocycles. The molecule has 2 aromatic carbocycles. The van der Waals surface area contributed by atoms with Crippen molar-refractivity contribution in [1.82, 2.24) is 9.21 Å². The van der Waals surface area contributed by atoms with Gasteiger partial charge in [0.1, 0.15) is 0 Å². The van der Waals surface area contributed by atoms with Gasteiger partial charge < -0.3 is 0 Å². The highest BCUT2D eigenvalue weighted by Gasteiger charge is 2.24. The van der Waals surface area contributed by atoms with Crippen LogP contribution in [0, 0.1) is 0 Å². The molecule has 4 nitrogen and oxygen atoms in total. The van der Waals surface area contributed by atoms with Crippen molar-refractivity contribution in [1.29, 1.82) is 0 Å². The average Bonchev–Trinajstić information content (AvgIpc) is 2.69. The second-order valence-electron chi connectivity index (χ2n) is 6.27. The molecule has 1 heterocycles. The van der Waals surface area contributed by atoms with Gasteiger partial charge >= 0.3 is 0 Å². The quantitative estimate of drug-likeness (QED) is 0.785. The monoisotopic (exact) mass is 368 g/mol. The molecule has 0 aliphatic carbocycles. The topological polar surface area (TPSA) is 40.6 Å². The minimum Gasteiger partial charge on any atom is -0.297 e. The fourth-order valence-corrected chi connectivity index (χ4v) is 4.06. The molecule has 0 radical (unpaired) electrons. The van der Waals surface area contributed by atoms with E-state index in [1.807, 2.05) is 48.5 Å². The third kappa shape index (κ3) is 5.39. The minimum absolute atomic E-state index is 0.528. The Morgan fingerprint density at radius 2 is 1.31 bits per heavy atom. The van der Waals surface area contributed by atoms with Crippen LogP contribution in [0.25, 0.3) is 12.2 Å². The van der Waals surface area contributed by atoms with E-state index in [1.165, 1.54) is 11.0 Å². The maximum absolute atomic E-state index is 12.5. The lowest BCUT2D eigenvalue weighted by molar-refractivity contribution is 0.206. The van der Waals surface area contributed by atoms with E-state index in [9.17, 15) is 8.42 Å². The van der Waals surface area contributed by atoms with Crippen LogP contribution in [0.1, 0.15) is 11.1 Å². The first-order valence-corrected chi connectivity index (χ1v) is 10.3. The Balaban J connectivity index is 1.50. The van der Waals surface area contributed by atoms with Crippen molar-refractivity contribution >= 4 is 22.2 Å².